The van der Waals surface area contributed by atoms with E-state index in [1.54, 1.807) is 0 Å². The van der Waals surface area contributed by atoms with Crippen LogP contribution in [0.2, 0.25) is 0 Å². The molecular formula is C21H17N3. The fraction of sp³-hybridized carbons (Fsp3) is 0.0476. The quantitative estimate of drug-likeness (QED) is 0.506. The molecular weight excluding hydrogens is 294 g/mol. The molecule has 0 atom stereocenters. The number of anilines is 3. The van der Waals surface area contributed by atoms with E-state index in [0.717, 1.165) is 28.0 Å². The zero-order valence-corrected chi connectivity index (χ0v) is 13.4. The molecule has 116 valence electrons. The molecule has 3 heteroatoms. The summed E-state index contributed by atoms with van der Waals surface area (Å²) >= 11 is 0. The van der Waals surface area contributed by atoms with Gasteiger partial charge in [-0.1, -0.05) is 54.6 Å². The lowest BCUT2D eigenvalue weighted by Gasteiger charge is -2.23. The van der Waals surface area contributed by atoms with E-state index in [1.807, 2.05) is 61.5 Å². The summed E-state index contributed by atoms with van der Waals surface area (Å²) in [6, 6.07) is 28.5. The fourth-order valence-electron chi connectivity index (χ4n) is 2.85. The van der Waals surface area contributed by atoms with Gasteiger partial charge < -0.3 is 0 Å². The Hall–Kier alpha value is -3.20. The van der Waals surface area contributed by atoms with Gasteiger partial charge in [0.1, 0.15) is 0 Å². The van der Waals surface area contributed by atoms with Gasteiger partial charge in [-0.05, 0) is 37.3 Å². The number of benzene rings is 3. The number of aryl methyl sites for hydroxylation is 1. The first-order chi connectivity index (χ1) is 11.8. The molecule has 4 rings (SSSR count). The lowest BCUT2D eigenvalue weighted by Crippen LogP contribution is -2.13. The second-order valence-corrected chi connectivity index (χ2v) is 5.63. The molecule has 0 aliphatic carbocycles. The van der Waals surface area contributed by atoms with Gasteiger partial charge in [0.2, 0.25) is 5.95 Å². The Kier molecular flexibility index (Phi) is 3.67. The zero-order chi connectivity index (χ0) is 16.4. The van der Waals surface area contributed by atoms with Crippen molar-refractivity contribution >= 4 is 28.2 Å². The number of fused-ring (bicyclic) bond motifs is 1. The van der Waals surface area contributed by atoms with E-state index in [-0.39, 0.29) is 0 Å². The van der Waals surface area contributed by atoms with Crippen LogP contribution in [0.5, 0.6) is 0 Å². The van der Waals surface area contributed by atoms with Crippen molar-refractivity contribution in [2.75, 3.05) is 4.90 Å². The van der Waals surface area contributed by atoms with E-state index in [4.69, 9.17) is 9.97 Å². The fourth-order valence-corrected chi connectivity index (χ4v) is 2.85. The Bertz CT molecular complexity index is 926. The smallest absolute Gasteiger partial charge is 0.235 e. The lowest BCUT2D eigenvalue weighted by molar-refractivity contribution is 1.08. The van der Waals surface area contributed by atoms with E-state index in [2.05, 4.69) is 35.2 Å². The SMILES string of the molecule is Cc1nc(N(c2ccccc2)c2ccccc2)nc2ccccc12. The minimum atomic E-state index is 0.684. The molecule has 0 spiro atoms. The van der Waals surface area contributed by atoms with E-state index >= 15 is 0 Å². The predicted octanol–water partition coefficient (Wildman–Crippen LogP) is 5.41. The van der Waals surface area contributed by atoms with Crippen molar-refractivity contribution in [2.24, 2.45) is 0 Å². The second-order valence-electron chi connectivity index (χ2n) is 5.63. The molecule has 0 saturated carbocycles. The van der Waals surface area contributed by atoms with Gasteiger partial charge in [0.15, 0.2) is 0 Å². The molecule has 0 aliphatic heterocycles. The van der Waals surface area contributed by atoms with E-state index < -0.39 is 0 Å². The third-order valence-electron chi connectivity index (χ3n) is 4.01. The summed E-state index contributed by atoms with van der Waals surface area (Å²) in [7, 11) is 0. The molecule has 0 aliphatic rings. The van der Waals surface area contributed by atoms with Gasteiger partial charge in [-0.2, -0.15) is 0 Å². The van der Waals surface area contributed by atoms with Crippen LogP contribution < -0.4 is 4.90 Å². The third kappa shape index (κ3) is 2.61. The Morgan fingerprint density at radius 3 is 1.79 bits per heavy atom. The summed E-state index contributed by atoms with van der Waals surface area (Å²) in [6.07, 6.45) is 0. The second kappa shape index (κ2) is 6.13. The van der Waals surface area contributed by atoms with Gasteiger partial charge in [-0.3, -0.25) is 4.90 Å². The van der Waals surface area contributed by atoms with Gasteiger partial charge in [0, 0.05) is 16.8 Å². The summed E-state index contributed by atoms with van der Waals surface area (Å²) in [5, 5.41) is 1.09. The van der Waals surface area contributed by atoms with Crippen LogP contribution in [0.1, 0.15) is 5.69 Å². The van der Waals surface area contributed by atoms with Crippen molar-refractivity contribution in [3.8, 4) is 0 Å². The summed E-state index contributed by atoms with van der Waals surface area (Å²) in [6.45, 7) is 2.03. The summed E-state index contributed by atoms with van der Waals surface area (Å²) in [4.78, 5) is 11.7. The van der Waals surface area contributed by atoms with E-state index in [9.17, 15) is 0 Å². The molecule has 3 nitrogen and oxygen atoms in total. The van der Waals surface area contributed by atoms with Crippen LogP contribution in [0, 0.1) is 6.92 Å². The molecule has 0 N–H and O–H groups in total. The first-order valence-electron chi connectivity index (χ1n) is 7.96. The first kappa shape index (κ1) is 14.4. The topological polar surface area (TPSA) is 29.0 Å². The Morgan fingerprint density at radius 2 is 1.17 bits per heavy atom. The first-order valence-corrected chi connectivity index (χ1v) is 7.96. The van der Waals surface area contributed by atoms with Crippen LogP contribution in [0.25, 0.3) is 10.9 Å². The standard InChI is InChI=1S/C21H17N3/c1-16-19-14-8-9-15-20(19)23-21(22-16)24(17-10-4-2-5-11-17)18-12-6-3-7-13-18/h2-15H,1H3. The third-order valence-corrected chi connectivity index (χ3v) is 4.01. The van der Waals surface area contributed by atoms with E-state index in [0.29, 0.717) is 5.95 Å². The van der Waals surface area contributed by atoms with Gasteiger partial charge in [-0.25, -0.2) is 9.97 Å². The highest BCUT2D eigenvalue weighted by Crippen LogP contribution is 2.32. The lowest BCUT2D eigenvalue weighted by atomic mass is 10.2. The number of hydrogen-bond donors (Lipinski definition) is 0. The van der Waals surface area contributed by atoms with Crippen LogP contribution in [-0.2, 0) is 0 Å². The van der Waals surface area contributed by atoms with Gasteiger partial charge in [-0.15, -0.1) is 0 Å². The number of para-hydroxylation sites is 3. The average molecular weight is 311 g/mol. The highest BCUT2D eigenvalue weighted by molar-refractivity contribution is 5.83. The minimum absolute atomic E-state index is 0.684. The molecule has 1 heterocycles. The molecule has 0 saturated heterocycles. The normalized spacial score (nSPS) is 10.7. The Morgan fingerprint density at radius 1 is 0.625 bits per heavy atom. The molecule has 0 radical (unpaired) electrons. The van der Waals surface area contributed by atoms with Gasteiger partial charge in [0.25, 0.3) is 0 Å². The summed E-state index contributed by atoms with van der Waals surface area (Å²) in [5.74, 6) is 0.684. The highest BCUT2D eigenvalue weighted by atomic mass is 15.3. The zero-order valence-electron chi connectivity index (χ0n) is 13.4. The Balaban J connectivity index is 1.94. The van der Waals surface area contributed by atoms with Crippen LogP contribution in [0.4, 0.5) is 17.3 Å². The molecule has 24 heavy (non-hydrogen) atoms. The van der Waals surface area contributed by atoms with Gasteiger partial charge in [0.05, 0.1) is 11.2 Å². The van der Waals surface area contributed by atoms with Crippen molar-refractivity contribution in [3.63, 3.8) is 0 Å². The van der Waals surface area contributed by atoms with Crippen LogP contribution in [0.3, 0.4) is 0 Å². The number of aromatic nitrogens is 2. The van der Waals surface area contributed by atoms with Crippen molar-refractivity contribution in [1.82, 2.24) is 9.97 Å². The molecule has 0 bridgehead atoms. The van der Waals surface area contributed by atoms with Crippen molar-refractivity contribution in [2.45, 2.75) is 6.92 Å². The molecule has 0 amide bonds. The average Bonchev–Trinajstić information content (AvgIpc) is 2.64. The highest BCUT2D eigenvalue weighted by Gasteiger charge is 2.16. The monoisotopic (exact) mass is 311 g/mol. The van der Waals surface area contributed by atoms with Crippen molar-refractivity contribution in [3.05, 3.63) is 90.6 Å². The van der Waals surface area contributed by atoms with Crippen molar-refractivity contribution < 1.29 is 0 Å². The van der Waals surface area contributed by atoms with Crippen LogP contribution in [0.15, 0.2) is 84.9 Å². The van der Waals surface area contributed by atoms with Crippen molar-refractivity contribution in [1.29, 1.82) is 0 Å². The van der Waals surface area contributed by atoms with Gasteiger partial charge >= 0.3 is 0 Å². The largest absolute Gasteiger partial charge is 0.279 e. The van der Waals surface area contributed by atoms with Crippen LogP contribution >= 0.6 is 0 Å². The molecule has 0 unspecified atom stereocenters. The summed E-state index contributed by atoms with van der Waals surface area (Å²) in [5.41, 5.74) is 4.01. The molecule has 0 fully saturated rings. The van der Waals surface area contributed by atoms with Crippen LogP contribution in [-0.4, -0.2) is 9.97 Å². The maximum absolute atomic E-state index is 4.80. The summed E-state index contributed by atoms with van der Waals surface area (Å²) < 4.78 is 0. The maximum Gasteiger partial charge on any atom is 0.235 e. The number of hydrogen-bond acceptors (Lipinski definition) is 3. The maximum atomic E-state index is 4.80. The van der Waals surface area contributed by atoms with E-state index in [1.165, 1.54) is 0 Å². The number of rotatable bonds is 3. The minimum Gasteiger partial charge on any atom is -0.279 e. The molecule has 4 aromatic rings. The Labute approximate surface area is 141 Å². The molecule has 1 aromatic heterocycles. The predicted molar refractivity (Wildman–Crippen MR) is 99.0 cm³/mol. The number of nitrogens with zero attached hydrogens (tertiary/aromatic N) is 3. The molecule has 3 aromatic carbocycles.